The molecule has 1 atom stereocenters. The normalized spacial score (nSPS) is 12.4. The van der Waals surface area contributed by atoms with Crippen molar-refractivity contribution < 1.29 is 18.0 Å². The maximum absolute atomic E-state index is 13.6. The third-order valence-electron chi connectivity index (χ3n) is 5.48. The van der Waals surface area contributed by atoms with Crippen LogP contribution in [0, 0.1) is 13.8 Å². The molecule has 1 N–H and O–H groups in total. The summed E-state index contributed by atoms with van der Waals surface area (Å²) < 4.78 is 26.5. The van der Waals surface area contributed by atoms with E-state index in [1.807, 2.05) is 26.8 Å². The van der Waals surface area contributed by atoms with Crippen LogP contribution in [0.4, 0.5) is 5.69 Å². The molecule has 0 aliphatic heterocycles. The van der Waals surface area contributed by atoms with Gasteiger partial charge in [-0.25, -0.2) is 8.42 Å². The fraction of sp³-hybridized carbons (Fsp3) is 0.417. The molecular formula is C24H31Cl2N3O4S. The van der Waals surface area contributed by atoms with Crippen LogP contribution in [0.15, 0.2) is 36.4 Å². The fourth-order valence-electron chi connectivity index (χ4n) is 3.42. The maximum Gasteiger partial charge on any atom is 0.244 e. The van der Waals surface area contributed by atoms with Gasteiger partial charge < -0.3 is 10.2 Å². The first kappa shape index (κ1) is 28.0. The molecule has 0 aromatic heterocycles. The van der Waals surface area contributed by atoms with Crippen molar-refractivity contribution in [1.29, 1.82) is 0 Å². The highest BCUT2D eigenvalue weighted by molar-refractivity contribution is 7.92. The van der Waals surface area contributed by atoms with Gasteiger partial charge in [0.2, 0.25) is 21.8 Å². The Balaban J connectivity index is 2.47. The van der Waals surface area contributed by atoms with E-state index in [2.05, 4.69) is 5.32 Å². The van der Waals surface area contributed by atoms with Crippen LogP contribution < -0.4 is 9.62 Å². The van der Waals surface area contributed by atoms with Gasteiger partial charge in [-0.1, -0.05) is 41.4 Å². The summed E-state index contributed by atoms with van der Waals surface area (Å²) in [7, 11) is -3.80. The van der Waals surface area contributed by atoms with Gasteiger partial charge in [-0.05, 0) is 69.5 Å². The SMILES string of the molecule is Cc1cccc(N(CC(=O)N(Cc2ccc(Cl)cc2Cl)C(C)C(=O)NC(C)C)S(C)(=O)=O)c1C. The number of hydrogen-bond acceptors (Lipinski definition) is 4. The minimum atomic E-state index is -3.80. The van der Waals surface area contributed by atoms with E-state index in [0.717, 1.165) is 21.7 Å². The van der Waals surface area contributed by atoms with Gasteiger partial charge in [0, 0.05) is 22.6 Å². The average Bonchev–Trinajstić information content (AvgIpc) is 2.72. The van der Waals surface area contributed by atoms with Crippen molar-refractivity contribution in [2.75, 3.05) is 17.1 Å². The molecule has 0 saturated carbocycles. The zero-order chi connectivity index (χ0) is 25.8. The first-order chi connectivity index (χ1) is 15.7. The molecule has 0 saturated heterocycles. The lowest BCUT2D eigenvalue weighted by molar-refractivity contribution is -0.139. The van der Waals surface area contributed by atoms with E-state index in [4.69, 9.17) is 23.2 Å². The number of anilines is 1. The van der Waals surface area contributed by atoms with E-state index in [-0.39, 0.29) is 18.5 Å². The molecule has 0 fully saturated rings. The number of carbonyl (C=O) groups is 2. The zero-order valence-corrected chi connectivity index (χ0v) is 22.6. The first-order valence-corrected chi connectivity index (χ1v) is 13.4. The van der Waals surface area contributed by atoms with Gasteiger partial charge >= 0.3 is 0 Å². The number of amides is 2. The number of nitrogens with zero attached hydrogens (tertiary/aromatic N) is 2. The van der Waals surface area contributed by atoms with E-state index in [0.29, 0.717) is 21.3 Å². The van der Waals surface area contributed by atoms with Crippen molar-refractivity contribution in [1.82, 2.24) is 10.2 Å². The molecule has 2 amide bonds. The van der Waals surface area contributed by atoms with Gasteiger partial charge in [-0.3, -0.25) is 13.9 Å². The highest BCUT2D eigenvalue weighted by Gasteiger charge is 2.31. The average molecular weight is 529 g/mol. The van der Waals surface area contributed by atoms with Gasteiger partial charge in [0.05, 0.1) is 11.9 Å². The van der Waals surface area contributed by atoms with Crippen molar-refractivity contribution in [2.24, 2.45) is 0 Å². The van der Waals surface area contributed by atoms with Gasteiger partial charge in [0.15, 0.2) is 0 Å². The highest BCUT2D eigenvalue weighted by Crippen LogP contribution is 2.26. The quantitative estimate of drug-likeness (QED) is 0.526. The van der Waals surface area contributed by atoms with Crippen LogP contribution in [0.2, 0.25) is 10.0 Å². The summed E-state index contributed by atoms with van der Waals surface area (Å²) in [6, 6.07) is 9.14. The number of sulfonamides is 1. The van der Waals surface area contributed by atoms with Crippen molar-refractivity contribution in [2.45, 2.75) is 53.2 Å². The summed E-state index contributed by atoms with van der Waals surface area (Å²) in [5, 5.41) is 3.58. The molecule has 1 unspecified atom stereocenters. The Labute approximate surface area is 212 Å². The van der Waals surface area contributed by atoms with Gasteiger partial charge in [0.25, 0.3) is 0 Å². The molecule has 0 aliphatic carbocycles. The molecule has 186 valence electrons. The Kier molecular flexibility index (Phi) is 9.39. The topological polar surface area (TPSA) is 86.8 Å². The van der Waals surface area contributed by atoms with Crippen molar-refractivity contribution in [3.05, 3.63) is 63.1 Å². The van der Waals surface area contributed by atoms with E-state index in [1.54, 1.807) is 44.2 Å². The van der Waals surface area contributed by atoms with Gasteiger partial charge in [0.1, 0.15) is 12.6 Å². The Morgan fingerprint density at radius 1 is 1.06 bits per heavy atom. The van der Waals surface area contributed by atoms with Crippen LogP contribution in [0.3, 0.4) is 0 Å². The molecule has 0 spiro atoms. The minimum absolute atomic E-state index is 0.00587. The van der Waals surface area contributed by atoms with Crippen LogP contribution in [0.25, 0.3) is 0 Å². The molecular weight excluding hydrogens is 497 g/mol. The van der Waals surface area contributed by atoms with Crippen LogP contribution in [-0.2, 0) is 26.2 Å². The number of rotatable bonds is 9. The summed E-state index contributed by atoms with van der Waals surface area (Å²) in [6.07, 6.45) is 1.05. The second-order valence-electron chi connectivity index (χ2n) is 8.59. The van der Waals surface area contributed by atoms with Gasteiger partial charge in [-0.15, -0.1) is 0 Å². The van der Waals surface area contributed by atoms with Crippen molar-refractivity contribution in [3.8, 4) is 0 Å². The first-order valence-electron chi connectivity index (χ1n) is 10.8. The fourth-order valence-corrected chi connectivity index (χ4v) is 4.79. The Morgan fingerprint density at radius 3 is 2.26 bits per heavy atom. The second kappa shape index (κ2) is 11.4. The zero-order valence-electron chi connectivity index (χ0n) is 20.2. The Morgan fingerprint density at radius 2 is 1.71 bits per heavy atom. The van der Waals surface area contributed by atoms with Crippen molar-refractivity contribution in [3.63, 3.8) is 0 Å². The lowest BCUT2D eigenvalue weighted by Gasteiger charge is -2.32. The largest absolute Gasteiger partial charge is 0.352 e. The molecule has 0 aliphatic rings. The predicted molar refractivity (Wildman–Crippen MR) is 138 cm³/mol. The van der Waals surface area contributed by atoms with Gasteiger partial charge in [-0.2, -0.15) is 0 Å². The molecule has 0 radical (unpaired) electrons. The summed E-state index contributed by atoms with van der Waals surface area (Å²) in [5.41, 5.74) is 2.65. The highest BCUT2D eigenvalue weighted by atomic mass is 35.5. The number of benzene rings is 2. The standard InChI is InChI=1S/C24H31Cl2N3O4S/c1-15(2)27-24(31)18(5)28(13-19-10-11-20(25)12-21(19)26)23(30)14-29(34(6,32)33)22-9-7-8-16(3)17(22)4/h7-12,15,18H,13-14H2,1-6H3,(H,27,31). The minimum Gasteiger partial charge on any atom is -0.352 e. The van der Waals surface area contributed by atoms with E-state index < -0.39 is 28.5 Å². The van der Waals surface area contributed by atoms with Crippen LogP contribution in [0.1, 0.15) is 37.5 Å². The third kappa shape index (κ3) is 7.10. The molecule has 7 nitrogen and oxygen atoms in total. The number of aryl methyl sites for hydroxylation is 1. The Bertz CT molecular complexity index is 1170. The summed E-state index contributed by atoms with van der Waals surface area (Å²) >= 11 is 12.3. The molecule has 2 aromatic carbocycles. The van der Waals surface area contributed by atoms with Crippen LogP contribution in [0.5, 0.6) is 0 Å². The summed E-state index contributed by atoms with van der Waals surface area (Å²) in [4.78, 5) is 27.7. The molecule has 10 heteroatoms. The second-order valence-corrected chi connectivity index (χ2v) is 11.3. The van der Waals surface area contributed by atoms with Crippen LogP contribution >= 0.6 is 23.2 Å². The molecule has 2 rings (SSSR count). The number of carbonyl (C=O) groups excluding carboxylic acids is 2. The molecule has 2 aromatic rings. The maximum atomic E-state index is 13.6. The Hall–Kier alpha value is -2.29. The lowest BCUT2D eigenvalue weighted by Crippen LogP contribution is -2.52. The molecule has 0 heterocycles. The number of hydrogen-bond donors (Lipinski definition) is 1. The summed E-state index contributed by atoms with van der Waals surface area (Å²) in [5.74, 6) is -0.894. The van der Waals surface area contributed by atoms with E-state index in [1.165, 1.54) is 4.90 Å². The smallest absolute Gasteiger partial charge is 0.244 e. The number of halogens is 2. The van der Waals surface area contributed by atoms with E-state index in [9.17, 15) is 18.0 Å². The third-order valence-corrected chi connectivity index (χ3v) is 7.19. The molecule has 34 heavy (non-hydrogen) atoms. The van der Waals surface area contributed by atoms with Crippen molar-refractivity contribution >= 4 is 50.7 Å². The summed E-state index contributed by atoms with van der Waals surface area (Å²) in [6.45, 7) is 8.45. The lowest BCUT2D eigenvalue weighted by atomic mass is 10.1. The van der Waals surface area contributed by atoms with Crippen LogP contribution in [-0.4, -0.2) is 50.0 Å². The molecule has 0 bridgehead atoms. The number of nitrogens with one attached hydrogen (secondary N) is 1. The monoisotopic (exact) mass is 527 g/mol. The predicted octanol–water partition coefficient (Wildman–Crippen LogP) is 4.32. The van der Waals surface area contributed by atoms with E-state index >= 15 is 0 Å².